The normalized spacial score (nSPS) is 11.4. The summed E-state index contributed by atoms with van der Waals surface area (Å²) in [5.74, 6) is -0.768. The lowest BCUT2D eigenvalue weighted by Crippen LogP contribution is -2.49. The quantitative estimate of drug-likeness (QED) is 0.728. The Kier molecular flexibility index (Phi) is 4.65. The van der Waals surface area contributed by atoms with Crippen molar-refractivity contribution < 1.29 is 19.1 Å². The molecule has 0 saturated heterocycles. The molecule has 22 heavy (non-hydrogen) atoms. The molecule has 0 saturated carbocycles. The van der Waals surface area contributed by atoms with E-state index in [0.29, 0.717) is 24.3 Å². The van der Waals surface area contributed by atoms with Crippen LogP contribution in [0.3, 0.4) is 0 Å². The van der Waals surface area contributed by atoms with E-state index in [2.05, 4.69) is 15.5 Å². The molecule has 0 bridgehead atoms. The zero-order valence-corrected chi connectivity index (χ0v) is 12.5. The Balaban J connectivity index is 2.15. The fourth-order valence-corrected chi connectivity index (χ4v) is 2.31. The van der Waals surface area contributed by atoms with E-state index < -0.39 is 17.4 Å². The Morgan fingerprint density at radius 2 is 2.14 bits per heavy atom. The molecule has 0 unspecified atom stereocenters. The highest BCUT2D eigenvalue weighted by Gasteiger charge is 2.32. The number of aromatic nitrogens is 2. The van der Waals surface area contributed by atoms with Gasteiger partial charge >= 0.3 is 5.97 Å². The van der Waals surface area contributed by atoms with E-state index in [-0.39, 0.29) is 12.1 Å². The number of carbonyl (C=O) groups excluding carboxylic acids is 1. The van der Waals surface area contributed by atoms with E-state index in [1.807, 2.05) is 13.8 Å². The number of furan rings is 1. The number of carboxylic acid groups (broad SMARTS) is 1. The molecule has 2 heterocycles. The highest BCUT2D eigenvalue weighted by atomic mass is 16.4. The molecule has 0 fully saturated rings. The Bertz CT molecular complexity index is 642. The van der Waals surface area contributed by atoms with Gasteiger partial charge in [-0.25, -0.2) is 0 Å². The van der Waals surface area contributed by atoms with Crippen molar-refractivity contribution in [2.45, 2.75) is 38.6 Å². The minimum Gasteiger partial charge on any atom is -0.481 e. The van der Waals surface area contributed by atoms with E-state index in [0.717, 1.165) is 0 Å². The Hall–Kier alpha value is -2.57. The van der Waals surface area contributed by atoms with E-state index in [1.54, 1.807) is 18.2 Å². The Morgan fingerprint density at radius 1 is 1.41 bits per heavy atom. The van der Waals surface area contributed by atoms with Crippen molar-refractivity contribution in [2.75, 3.05) is 0 Å². The number of nitrogens with zero attached hydrogens (tertiary/aromatic N) is 1. The molecule has 0 spiro atoms. The lowest BCUT2D eigenvalue weighted by atomic mass is 9.89. The highest BCUT2D eigenvalue weighted by Crippen LogP contribution is 2.22. The van der Waals surface area contributed by atoms with Crippen LogP contribution in [0.5, 0.6) is 0 Å². The summed E-state index contributed by atoms with van der Waals surface area (Å²) in [6.45, 7) is 3.71. The first-order chi connectivity index (χ1) is 10.5. The zero-order chi connectivity index (χ0) is 16.2. The summed E-state index contributed by atoms with van der Waals surface area (Å²) >= 11 is 0. The summed E-state index contributed by atoms with van der Waals surface area (Å²) in [5.41, 5.74) is 0.0160. The standard InChI is InChI=1S/C15H19N3O4/c1-3-15(4-2,9-13(19)20)16-14(21)11-8-10(17-18-11)12-6-5-7-22-12/h5-8H,3-4,9H2,1-2H3,(H,16,21)(H,17,18)(H,19,20). The van der Waals surface area contributed by atoms with Crippen LogP contribution in [0.25, 0.3) is 11.5 Å². The second-order valence-electron chi connectivity index (χ2n) is 5.16. The van der Waals surface area contributed by atoms with Gasteiger partial charge in [-0.05, 0) is 25.0 Å². The molecule has 2 aromatic heterocycles. The van der Waals surface area contributed by atoms with Crippen molar-refractivity contribution in [3.05, 3.63) is 30.2 Å². The lowest BCUT2D eigenvalue weighted by Gasteiger charge is -2.31. The fourth-order valence-electron chi connectivity index (χ4n) is 2.31. The smallest absolute Gasteiger partial charge is 0.305 e. The van der Waals surface area contributed by atoms with E-state index in [9.17, 15) is 9.59 Å². The Morgan fingerprint density at radius 3 is 2.68 bits per heavy atom. The van der Waals surface area contributed by atoms with Crippen LogP contribution >= 0.6 is 0 Å². The average molecular weight is 305 g/mol. The number of hydrogen-bond donors (Lipinski definition) is 3. The summed E-state index contributed by atoms with van der Waals surface area (Å²) < 4.78 is 5.23. The summed E-state index contributed by atoms with van der Waals surface area (Å²) in [6, 6.07) is 5.06. The van der Waals surface area contributed by atoms with Gasteiger partial charge in [-0.2, -0.15) is 5.10 Å². The van der Waals surface area contributed by atoms with Crippen LogP contribution in [0.2, 0.25) is 0 Å². The second-order valence-corrected chi connectivity index (χ2v) is 5.16. The molecule has 3 N–H and O–H groups in total. The summed E-state index contributed by atoms with van der Waals surface area (Å²) in [5, 5.41) is 18.5. The average Bonchev–Trinajstić information content (AvgIpc) is 3.16. The van der Waals surface area contributed by atoms with Gasteiger partial charge in [0.2, 0.25) is 0 Å². The van der Waals surface area contributed by atoms with Crippen molar-refractivity contribution in [1.29, 1.82) is 0 Å². The SMILES string of the molecule is CCC(CC)(CC(=O)O)NC(=O)c1cc(-c2ccco2)[nH]n1. The molecule has 0 aliphatic rings. The van der Waals surface area contributed by atoms with Crippen molar-refractivity contribution >= 4 is 11.9 Å². The largest absolute Gasteiger partial charge is 0.481 e. The maximum Gasteiger partial charge on any atom is 0.305 e. The van der Waals surface area contributed by atoms with Gasteiger partial charge in [0.25, 0.3) is 5.91 Å². The molecule has 7 heteroatoms. The summed E-state index contributed by atoms with van der Waals surface area (Å²) in [6.07, 6.45) is 2.46. The van der Waals surface area contributed by atoms with Crippen molar-refractivity contribution in [2.24, 2.45) is 0 Å². The van der Waals surface area contributed by atoms with Crippen LogP contribution in [0.15, 0.2) is 28.9 Å². The fraction of sp³-hybridized carbons (Fsp3) is 0.400. The van der Waals surface area contributed by atoms with Gasteiger partial charge in [-0.3, -0.25) is 14.7 Å². The number of carbonyl (C=O) groups is 2. The first-order valence-corrected chi connectivity index (χ1v) is 7.13. The number of aliphatic carboxylic acids is 1. The van der Waals surface area contributed by atoms with Gasteiger partial charge in [0, 0.05) is 6.07 Å². The van der Waals surface area contributed by atoms with E-state index in [4.69, 9.17) is 9.52 Å². The zero-order valence-electron chi connectivity index (χ0n) is 12.5. The number of amides is 1. The van der Waals surface area contributed by atoms with Crippen LogP contribution < -0.4 is 5.32 Å². The van der Waals surface area contributed by atoms with Crippen LogP contribution in [-0.2, 0) is 4.79 Å². The van der Waals surface area contributed by atoms with Gasteiger partial charge in [-0.1, -0.05) is 13.8 Å². The van der Waals surface area contributed by atoms with E-state index in [1.165, 1.54) is 6.26 Å². The van der Waals surface area contributed by atoms with Gasteiger partial charge < -0.3 is 14.8 Å². The topological polar surface area (TPSA) is 108 Å². The molecule has 2 aromatic rings. The number of hydrogen-bond acceptors (Lipinski definition) is 4. The highest BCUT2D eigenvalue weighted by molar-refractivity contribution is 5.94. The molecule has 0 aromatic carbocycles. The monoisotopic (exact) mass is 305 g/mol. The number of carboxylic acids is 1. The number of rotatable bonds is 7. The minimum absolute atomic E-state index is 0.124. The molecule has 0 atom stereocenters. The van der Waals surface area contributed by atoms with Crippen LogP contribution in [0.4, 0.5) is 0 Å². The van der Waals surface area contributed by atoms with Crippen LogP contribution in [0.1, 0.15) is 43.6 Å². The number of nitrogens with one attached hydrogen (secondary N) is 2. The van der Waals surface area contributed by atoms with Gasteiger partial charge in [0.05, 0.1) is 18.2 Å². The predicted octanol–water partition coefficient (Wildman–Crippen LogP) is 2.43. The van der Waals surface area contributed by atoms with Gasteiger partial charge in [-0.15, -0.1) is 0 Å². The van der Waals surface area contributed by atoms with Crippen LogP contribution in [0, 0.1) is 0 Å². The third-order valence-corrected chi connectivity index (χ3v) is 3.82. The molecule has 0 radical (unpaired) electrons. The molecule has 1 amide bonds. The van der Waals surface area contributed by atoms with E-state index >= 15 is 0 Å². The molecule has 2 rings (SSSR count). The summed E-state index contributed by atoms with van der Waals surface area (Å²) in [7, 11) is 0. The maximum atomic E-state index is 12.3. The van der Waals surface area contributed by atoms with Gasteiger partial charge in [0.15, 0.2) is 11.5 Å². The van der Waals surface area contributed by atoms with Crippen LogP contribution in [-0.4, -0.2) is 32.7 Å². The third-order valence-electron chi connectivity index (χ3n) is 3.82. The Labute approximate surface area is 127 Å². The molecule has 7 nitrogen and oxygen atoms in total. The number of aromatic amines is 1. The first-order valence-electron chi connectivity index (χ1n) is 7.13. The minimum atomic E-state index is -0.942. The lowest BCUT2D eigenvalue weighted by molar-refractivity contribution is -0.138. The molecule has 0 aliphatic carbocycles. The molecule has 0 aliphatic heterocycles. The molecule has 118 valence electrons. The molecular weight excluding hydrogens is 286 g/mol. The summed E-state index contributed by atoms with van der Waals surface area (Å²) in [4.78, 5) is 23.4. The van der Waals surface area contributed by atoms with Crippen molar-refractivity contribution in [3.8, 4) is 11.5 Å². The first kappa shape index (κ1) is 15.8. The second kappa shape index (κ2) is 6.46. The van der Waals surface area contributed by atoms with Crippen molar-refractivity contribution in [3.63, 3.8) is 0 Å². The van der Waals surface area contributed by atoms with Crippen molar-refractivity contribution in [1.82, 2.24) is 15.5 Å². The number of H-pyrrole nitrogens is 1. The predicted molar refractivity (Wildman–Crippen MR) is 79.3 cm³/mol. The van der Waals surface area contributed by atoms with Gasteiger partial charge in [0.1, 0.15) is 5.69 Å². The molecular formula is C15H19N3O4. The maximum absolute atomic E-state index is 12.3. The third kappa shape index (κ3) is 3.36.